The zero-order chi connectivity index (χ0) is 7.98. The van der Waals surface area contributed by atoms with Crippen LogP contribution < -0.4 is 0 Å². The van der Waals surface area contributed by atoms with E-state index >= 15 is 0 Å². The van der Waals surface area contributed by atoms with Crippen molar-refractivity contribution in [1.82, 2.24) is 0 Å². The molecule has 0 heterocycles. The maximum absolute atomic E-state index is 12.4. The molecule has 0 atom stereocenters. The standard InChI is InChI=1S/C8H12F2/c1-3-8(10)6-7(2)4-5-9/h4,6H,3,5H2,1-2H3/b7-4-,8-6+. The van der Waals surface area contributed by atoms with Crippen LogP contribution in [0.3, 0.4) is 0 Å². The number of hydrogen-bond donors (Lipinski definition) is 0. The predicted molar refractivity (Wildman–Crippen MR) is 39.2 cm³/mol. The average Bonchev–Trinajstić information content (AvgIpc) is 1.88. The molecule has 0 aromatic carbocycles. The van der Waals surface area contributed by atoms with Crippen LogP contribution in [0.25, 0.3) is 0 Å². The third-order valence-corrected chi connectivity index (χ3v) is 1.12. The zero-order valence-corrected chi connectivity index (χ0v) is 6.32. The third-order valence-electron chi connectivity index (χ3n) is 1.12. The highest BCUT2D eigenvalue weighted by atomic mass is 19.1. The van der Waals surface area contributed by atoms with E-state index in [4.69, 9.17) is 0 Å². The highest BCUT2D eigenvalue weighted by Crippen LogP contribution is 2.06. The van der Waals surface area contributed by atoms with Gasteiger partial charge in [-0.3, -0.25) is 0 Å². The molecule has 0 aliphatic heterocycles. The number of hydrogen-bond acceptors (Lipinski definition) is 0. The Morgan fingerprint density at radius 3 is 2.50 bits per heavy atom. The molecule has 0 saturated carbocycles. The molecule has 0 saturated heterocycles. The van der Waals surface area contributed by atoms with Crippen LogP contribution in [-0.4, -0.2) is 6.67 Å². The van der Waals surface area contributed by atoms with Gasteiger partial charge in [0.15, 0.2) is 0 Å². The van der Waals surface area contributed by atoms with Crippen molar-refractivity contribution in [3.63, 3.8) is 0 Å². The third kappa shape index (κ3) is 4.24. The topological polar surface area (TPSA) is 0 Å². The molecule has 0 aliphatic carbocycles. The minimum absolute atomic E-state index is 0.206. The average molecular weight is 146 g/mol. The molecule has 0 bridgehead atoms. The van der Waals surface area contributed by atoms with Gasteiger partial charge in [0.25, 0.3) is 0 Å². The molecule has 0 nitrogen and oxygen atoms in total. The van der Waals surface area contributed by atoms with Crippen LogP contribution in [0.4, 0.5) is 8.78 Å². The summed E-state index contributed by atoms with van der Waals surface area (Å²) >= 11 is 0. The summed E-state index contributed by atoms with van der Waals surface area (Å²) in [6.45, 7) is 2.86. The van der Waals surface area contributed by atoms with E-state index in [2.05, 4.69) is 0 Å². The summed E-state index contributed by atoms with van der Waals surface area (Å²) in [5.41, 5.74) is 0.641. The smallest absolute Gasteiger partial charge is 0.108 e. The lowest BCUT2D eigenvalue weighted by atomic mass is 10.2. The fourth-order valence-corrected chi connectivity index (χ4v) is 0.530. The normalized spacial score (nSPS) is 14.0. The zero-order valence-electron chi connectivity index (χ0n) is 6.32. The van der Waals surface area contributed by atoms with Gasteiger partial charge in [0.1, 0.15) is 6.67 Å². The first-order valence-electron chi connectivity index (χ1n) is 3.29. The molecular formula is C8H12F2. The molecule has 0 aliphatic rings. The number of halogens is 2. The lowest BCUT2D eigenvalue weighted by molar-refractivity contribution is 0.560. The Labute approximate surface area is 60.2 Å². The first-order valence-corrected chi connectivity index (χ1v) is 3.29. The molecular weight excluding hydrogens is 134 g/mol. The Kier molecular flexibility index (Phi) is 4.81. The molecule has 10 heavy (non-hydrogen) atoms. The SMILES string of the molecule is CC/C(F)=C\C(C)=C/CF. The second-order valence-electron chi connectivity index (χ2n) is 2.05. The maximum Gasteiger partial charge on any atom is 0.108 e. The van der Waals surface area contributed by atoms with Crippen LogP contribution in [-0.2, 0) is 0 Å². The van der Waals surface area contributed by atoms with Crippen LogP contribution >= 0.6 is 0 Å². The molecule has 0 unspecified atom stereocenters. The molecule has 0 spiro atoms. The molecule has 0 N–H and O–H groups in total. The lowest BCUT2D eigenvalue weighted by Gasteiger charge is -1.90. The number of allylic oxidation sites excluding steroid dienone is 4. The Balaban J connectivity index is 3.98. The molecule has 0 fully saturated rings. The Hall–Kier alpha value is -0.660. The highest BCUT2D eigenvalue weighted by Gasteiger charge is 1.88. The minimum atomic E-state index is -0.528. The molecule has 58 valence electrons. The van der Waals surface area contributed by atoms with Crippen molar-refractivity contribution in [2.75, 3.05) is 6.67 Å². The Morgan fingerprint density at radius 1 is 1.50 bits per heavy atom. The van der Waals surface area contributed by atoms with E-state index in [1.165, 1.54) is 12.2 Å². The monoisotopic (exact) mass is 146 g/mol. The van der Waals surface area contributed by atoms with Gasteiger partial charge in [-0.05, 0) is 25.0 Å². The van der Waals surface area contributed by atoms with E-state index < -0.39 is 6.67 Å². The quantitative estimate of drug-likeness (QED) is 0.536. The van der Waals surface area contributed by atoms with E-state index in [0.717, 1.165) is 0 Å². The van der Waals surface area contributed by atoms with Crippen molar-refractivity contribution in [3.8, 4) is 0 Å². The second-order valence-corrected chi connectivity index (χ2v) is 2.05. The number of rotatable bonds is 3. The largest absolute Gasteiger partial charge is 0.247 e. The van der Waals surface area contributed by atoms with E-state index in [1.54, 1.807) is 13.8 Å². The Bertz CT molecular complexity index is 145. The minimum Gasteiger partial charge on any atom is -0.247 e. The van der Waals surface area contributed by atoms with Crippen LogP contribution in [0, 0.1) is 0 Å². The van der Waals surface area contributed by atoms with Gasteiger partial charge in [0.2, 0.25) is 0 Å². The van der Waals surface area contributed by atoms with E-state index in [9.17, 15) is 8.78 Å². The van der Waals surface area contributed by atoms with E-state index in [0.29, 0.717) is 12.0 Å². The second kappa shape index (κ2) is 5.15. The first kappa shape index (κ1) is 9.34. The van der Waals surface area contributed by atoms with Gasteiger partial charge >= 0.3 is 0 Å². The van der Waals surface area contributed by atoms with Gasteiger partial charge in [0, 0.05) is 0 Å². The van der Waals surface area contributed by atoms with Gasteiger partial charge in [-0.15, -0.1) is 0 Å². The molecule has 0 aromatic rings. The maximum atomic E-state index is 12.4. The summed E-state index contributed by atoms with van der Waals surface area (Å²) in [6, 6.07) is 0. The molecule has 0 rings (SSSR count). The first-order chi connectivity index (χ1) is 4.70. The van der Waals surface area contributed by atoms with Gasteiger partial charge < -0.3 is 0 Å². The van der Waals surface area contributed by atoms with Gasteiger partial charge in [-0.2, -0.15) is 0 Å². The van der Waals surface area contributed by atoms with Crippen molar-refractivity contribution in [2.24, 2.45) is 0 Å². The van der Waals surface area contributed by atoms with Crippen molar-refractivity contribution in [3.05, 3.63) is 23.6 Å². The van der Waals surface area contributed by atoms with Crippen LogP contribution in [0.1, 0.15) is 20.3 Å². The Morgan fingerprint density at radius 2 is 2.10 bits per heavy atom. The summed E-state index contributed by atoms with van der Waals surface area (Å²) < 4.78 is 24.0. The van der Waals surface area contributed by atoms with Gasteiger partial charge in [-0.1, -0.05) is 13.0 Å². The van der Waals surface area contributed by atoms with Crippen molar-refractivity contribution >= 4 is 0 Å². The molecule has 0 aromatic heterocycles. The van der Waals surface area contributed by atoms with Crippen molar-refractivity contribution < 1.29 is 8.78 Å². The molecule has 0 radical (unpaired) electrons. The summed E-state index contributed by atoms with van der Waals surface area (Å²) in [6.07, 6.45) is 3.06. The van der Waals surface area contributed by atoms with E-state index in [1.807, 2.05) is 0 Å². The van der Waals surface area contributed by atoms with E-state index in [-0.39, 0.29) is 5.83 Å². The fraction of sp³-hybridized carbons (Fsp3) is 0.500. The molecule has 0 amide bonds. The van der Waals surface area contributed by atoms with Crippen molar-refractivity contribution in [2.45, 2.75) is 20.3 Å². The van der Waals surface area contributed by atoms with Gasteiger partial charge in [0.05, 0.1) is 5.83 Å². The predicted octanol–water partition coefficient (Wildman–Crippen LogP) is 3.17. The van der Waals surface area contributed by atoms with Gasteiger partial charge in [-0.25, -0.2) is 8.78 Å². The lowest BCUT2D eigenvalue weighted by Crippen LogP contribution is -1.74. The summed E-state index contributed by atoms with van der Waals surface area (Å²) in [5.74, 6) is -0.206. The summed E-state index contributed by atoms with van der Waals surface area (Å²) in [4.78, 5) is 0. The number of alkyl halides is 1. The molecule has 2 heteroatoms. The summed E-state index contributed by atoms with van der Waals surface area (Å²) in [7, 11) is 0. The van der Waals surface area contributed by atoms with Crippen LogP contribution in [0.15, 0.2) is 23.6 Å². The van der Waals surface area contributed by atoms with Crippen LogP contribution in [0.2, 0.25) is 0 Å². The van der Waals surface area contributed by atoms with Crippen LogP contribution in [0.5, 0.6) is 0 Å². The fourth-order valence-electron chi connectivity index (χ4n) is 0.530. The van der Waals surface area contributed by atoms with Crippen molar-refractivity contribution in [1.29, 1.82) is 0 Å². The highest BCUT2D eigenvalue weighted by molar-refractivity contribution is 5.18. The summed E-state index contributed by atoms with van der Waals surface area (Å²) in [5, 5.41) is 0.